The van der Waals surface area contributed by atoms with Crippen molar-refractivity contribution in [1.82, 2.24) is 10.3 Å². The van der Waals surface area contributed by atoms with E-state index in [9.17, 15) is 0 Å². The zero-order valence-electron chi connectivity index (χ0n) is 12.5. The predicted molar refractivity (Wildman–Crippen MR) is 87.1 cm³/mol. The van der Waals surface area contributed by atoms with Crippen molar-refractivity contribution in [2.75, 3.05) is 13.2 Å². The molecule has 3 nitrogen and oxygen atoms in total. The topological polar surface area (TPSA) is 34.1 Å². The first-order valence-corrected chi connectivity index (χ1v) is 8.67. The second kappa shape index (κ2) is 7.05. The van der Waals surface area contributed by atoms with Crippen LogP contribution in [0.4, 0.5) is 0 Å². The third-order valence-corrected chi connectivity index (χ3v) is 4.53. The van der Waals surface area contributed by atoms with E-state index in [1.54, 1.807) is 11.3 Å². The number of hydrogen-bond acceptors (Lipinski definition) is 4. The average molecular weight is 302 g/mol. The van der Waals surface area contributed by atoms with E-state index in [1.807, 2.05) is 5.51 Å². The molecule has 1 aromatic heterocycles. The van der Waals surface area contributed by atoms with Crippen LogP contribution in [0, 0.1) is 0 Å². The molecule has 0 bridgehead atoms. The molecular weight excluding hydrogens is 280 g/mol. The number of benzene rings is 1. The highest BCUT2D eigenvalue weighted by atomic mass is 32.1. The maximum Gasteiger partial charge on any atom is 0.122 e. The monoisotopic (exact) mass is 302 g/mol. The first kappa shape index (κ1) is 14.5. The zero-order valence-corrected chi connectivity index (χ0v) is 13.3. The van der Waals surface area contributed by atoms with Gasteiger partial charge in [0.15, 0.2) is 0 Å². The van der Waals surface area contributed by atoms with Crippen molar-refractivity contribution in [2.24, 2.45) is 0 Å². The lowest BCUT2D eigenvalue weighted by atomic mass is 10.0. The van der Waals surface area contributed by atoms with Gasteiger partial charge in [0.2, 0.25) is 0 Å². The minimum Gasteiger partial charge on any atom is -0.493 e. The third kappa shape index (κ3) is 3.63. The second-order valence-electron chi connectivity index (χ2n) is 5.50. The minimum absolute atomic E-state index is 0.362. The molecule has 2 aromatic rings. The number of aromatic nitrogens is 1. The highest BCUT2D eigenvalue weighted by Crippen LogP contribution is 2.27. The van der Waals surface area contributed by atoms with Gasteiger partial charge in [-0.2, -0.15) is 0 Å². The standard InChI is InChI=1S/C17H22N2OS/c1-2-8-18-15(16-11-21-12-19-16)5-3-13-4-6-17-14(10-13)7-9-20-17/h4,6,10-12,15,18H,2-3,5,7-9H2,1H3. The van der Waals surface area contributed by atoms with Gasteiger partial charge in [-0.05, 0) is 43.0 Å². The van der Waals surface area contributed by atoms with Crippen molar-refractivity contribution in [3.63, 3.8) is 0 Å². The number of ether oxygens (including phenoxy) is 1. The number of hydrogen-bond donors (Lipinski definition) is 1. The molecule has 2 heterocycles. The van der Waals surface area contributed by atoms with Gasteiger partial charge in [-0.15, -0.1) is 11.3 Å². The smallest absolute Gasteiger partial charge is 0.122 e. The Morgan fingerprint density at radius 1 is 1.43 bits per heavy atom. The van der Waals surface area contributed by atoms with E-state index < -0.39 is 0 Å². The fraction of sp³-hybridized carbons (Fsp3) is 0.471. The number of rotatable bonds is 7. The summed E-state index contributed by atoms with van der Waals surface area (Å²) in [6.07, 6.45) is 4.36. The molecule has 1 N–H and O–H groups in total. The zero-order chi connectivity index (χ0) is 14.5. The van der Waals surface area contributed by atoms with E-state index >= 15 is 0 Å². The number of nitrogens with one attached hydrogen (secondary N) is 1. The van der Waals surface area contributed by atoms with Crippen molar-refractivity contribution in [2.45, 2.75) is 38.6 Å². The van der Waals surface area contributed by atoms with Gasteiger partial charge in [0.05, 0.1) is 23.9 Å². The van der Waals surface area contributed by atoms with Crippen molar-refractivity contribution in [3.05, 3.63) is 45.9 Å². The second-order valence-corrected chi connectivity index (χ2v) is 6.22. The predicted octanol–water partition coefficient (Wildman–Crippen LogP) is 3.75. The Bertz CT molecular complexity index is 568. The minimum atomic E-state index is 0.362. The first-order valence-electron chi connectivity index (χ1n) is 7.73. The average Bonchev–Trinajstić information content (AvgIpc) is 3.18. The van der Waals surface area contributed by atoms with Gasteiger partial charge >= 0.3 is 0 Å². The molecule has 1 aromatic carbocycles. The van der Waals surface area contributed by atoms with Gasteiger partial charge in [0, 0.05) is 11.8 Å². The van der Waals surface area contributed by atoms with Crippen molar-refractivity contribution >= 4 is 11.3 Å². The van der Waals surface area contributed by atoms with Gasteiger partial charge in [-0.25, -0.2) is 4.98 Å². The van der Waals surface area contributed by atoms with Crippen LogP contribution in [0.25, 0.3) is 0 Å². The fourth-order valence-corrected chi connectivity index (χ4v) is 3.38. The van der Waals surface area contributed by atoms with E-state index in [2.05, 4.69) is 40.8 Å². The van der Waals surface area contributed by atoms with Gasteiger partial charge < -0.3 is 10.1 Å². The summed E-state index contributed by atoms with van der Waals surface area (Å²) in [4.78, 5) is 4.48. The van der Waals surface area contributed by atoms with E-state index in [4.69, 9.17) is 4.74 Å². The van der Waals surface area contributed by atoms with E-state index in [0.717, 1.165) is 44.6 Å². The fourth-order valence-electron chi connectivity index (χ4n) is 2.77. The van der Waals surface area contributed by atoms with Crippen LogP contribution in [0.1, 0.15) is 42.6 Å². The molecule has 4 heteroatoms. The molecule has 0 fully saturated rings. The van der Waals surface area contributed by atoms with E-state index in [0.29, 0.717) is 6.04 Å². The summed E-state index contributed by atoms with van der Waals surface area (Å²) in [5.74, 6) is 1.07. The van der Waals surface area contributed by atoms with Crippen LogP contribution in [0.5, 0.6) is 5.75 Å². The molecule has 0 saturated carbocycles. The van der Waals surface area contributed by atoms with E-state index in [-0.39, 0.29) is 0 Å². The Labute approximate surface area is 130 Å². The highest BCUT2D eigenvalue weighted by molar-refractivity contribution is 7.07. The molecule has 0 amide bonds. The van der Waals surface area contributed by atoms with Crippen LogP contribution in [0.2, 0.25) is 0 Å². The lowest BCUT2D eigenvalue weighted by Gasteiger charge is -2.16. The Balaban J connectivity index is 1.63. The molecule has 0 radical (unpaired) electrons. The van der Waals surface area contributed by atoms with E-state index in [1.165, 1.54) is 16.8 Å². The molecule has 0 aliphatic carbocycles. The molecular formula is C17H22N2OS. The summed E-state index contributed by atoms with van der Waals surface area (Å²) >= 11 is 1.67. The SMILES string of the molecule is CCCNC(CCc1ccc2c(c1)CCO2)c1cscn1. The number of aryl methyl sites for hydroxylation is 1. The first-order chi connectivity index (χ1) is 10.4. The Morgan fingerprint density at radius 3 is 3.19 bits per heavy atom. The molecule has 21 heavy (non-hydrogen) atoms. The molecule has 0 saturated heterocycles. The molecule has 1 aliphatic heterocycles. The van der Waals surface area contributed by atoms with Crippen LogP contribution < -0.4 is 10.1 Å². The summed E-state index contributed by atoms with van der Waals surface area (Å²) < 4.78 is 5.57. The van der Waals surface area contributed by atoms with Gasteiger partial charge in [0.1, 0.15) is 5.75 Å². The highest BCUT2D eigenvalue weighted by Gasteiger charge is 2.15. The Hall–Kier alpha value is -1.39. The lowest BCUT2D eigenvalue weighted by Crippen LogP contribution is -2.23. The van der Waals surface area contributed by atoms with Crippen LogP contribution in [-0.4, -0.2) is 18.1 Å². The van der Waals surface area contributed by atoms with Crippen LogP contribution in [0.3, 0.4) is 0 Å². The molecule has 1 aliphatic rings. The summed E-state index contributed by atoms with van der Waals surface area (Å²) in [6, 6.07) is 6.98. The number of fused-ring (bicyclic) bond motifs is 1. The summed E-state index contributed by atoms with van der Waals surface area (Å²) in [6.45, 7) is 4.07. The maximum atomic E-state index is 5.57. The number of nitrogens with zero attached hydrogens (tertiary/aromatic N) is 1. The third-order valence-electron chi connectivity index (χ3n) is 3.92. The molecule has 1 atom stereocenters. The summed E-state index contributed by atoms with van der Waals surface area (Å²) in [5, 5.41) is 5.77. The molecule has 3 rings (SSSR count). The summed E-state index contributed by atoms with van der Waals surface area (Å²) in [7, 11) is 0. The van der Waals surface area contributed by atoms with Crippen LogP contribution in [-0.2, 0) is 12.8 Å². The van der Waals surface area contributed by atoms with Crippen molar-refractivity contribution in [1.29, 1.82) is 0 Å². The Morgan fingerprint density at radius 2 is 2.38 bits per heavy atom. The van der Waals surface area contributed by atoms with Gasteiger partial charge in [0.25, 0.3) is 0 Å². The molecule has 0 spiro atoms. The number of thiazole rings is 1. The van der Waals surface area contributed by atoms with Crippen molar-refractivity contribution in [3.8, 4) is 5.75 Å². The Kier molecular flexibility index (Phi) is 4.88. The van der Waals surface area contributed by atoms with Crippen LogP contribution in [0.15, 0.2) is 29.1 Å². The van der Waals surface area contributed by atoms with Crippen LogP contribution >= 0.6 is 11.3 Å². The largest absolute Gasteiger partial charge is 0.493 e. The normalized spacial score (nSPS) is 14.7. The van der Waals surface area contributed by atoms with Gasteiger partial charge in [-0.1, -0.05) is 19.1 Å². The summed E-state index contributed by atoms with van der Waals surface area (Å²) in [5.41, 5.74) is 5.86. The van der Waals surface area contributed by atoms with Gasteiger partial charge in [-0.3, -0.25) is 0 Å². The quantitative estimate of drug-likeness (QED) is 0.846. The van der Waals surface area contributed by atoms with Crippen molar-refractivity contribution < 1.29 is 4.74 Å². The lowest BCUT2D eigenvalue weighted by molar-refractivity contribution is 0.357. The molecule has 1 unspecified atom stereocenters. The maximum absolute atomic E-state index is 5.57. The molecule has 112 valence electrons.